The summed E-state index contributed by atoms with van der Waals surface area (Å²) in [5.41, 5.74) is 3.51. The Hall–Kier alpha value is -0.120. The topological polar surface area (TPSA) is 18.5 Å². The summed E-state index contributed by atoms with van der Waals surface area (Å²) in [5, 5.41) is 2.25. The Bertz CT molecular complexity index is 214. The van der Waals surface area contributed by atoms with Crippen molar-refractivity contribution in [1.29, 1.82) is 0 Å². The fourth-order valence-corrected chi connectivity index (χ4v) is 2.35. The van der Waals surface area contributed by atoms with Gasteiger partial charge in [0.2, 0.25) is 0 Å². The Morgan fingerprint density at radius 2 is 1.45 bits per heavy atom. The highest BCUT2D eigenvalue weighted by molar-refractivity contribution is 4.61. The largest absolute Gasteiger partial charge is 0.289 e. The fourth-order valence-electron chi connectivity index (χ4n) is 2.35. The number of rotatable bonds is 12. The van der Waals surface area contributed by atoms with Gasteiger partial charge < -0.3 is 0 Å². The zero-order valence-electron chi connectivity index (χ0n) is 15.1. The minimum atomic E-state index is 0.734. The SMILES string of the molecule is CC(C)CCCN(CC(C)C)CN(C)NCCC(C)C. The van der Waals surface area contributed by atoms with Crippen LogP contribution in [0.4, 0.5) is 0 Å². The van der Waals surface area contributed by atoms with Crippen molar-refractivity contribution in [3.8, 4) is 0 Å². The van der Waals surface area contributed by atoms with Crippen molar-refractivity contribution in [2.45, 2.75) is 60.8 Å². The van der Waals surface area contributed by atoms with Crippen LogP contribution in [-0.2, 0) is 0 Å². The van der Waals surface area contributed by atoms with Crippen molar-refractivity contribution < 1.29 is 0 Å². The predicted molar refractivity (Wildman–Crippen MR) is 90.6 cm³/mol. The van der Waals surface area contributed by atoms with Gasteiger partial charge in [-0.1, -0.05) is 41.5 Å². The van der Waals surface area contributed by atoms with Crippen LogP contribution >= 0.6 is 0 Å². The maximum absolute atomic E-state index is 3.51. The fraction of sp³-hybridized carbons (Fsp3) is 1.00. The Morgan fingerprint density at radius 3 is 1.95 bits per heavy atom. The lowest BCUT2D eigenvalue weighted by Gasteiger charge is -2.30. The molecule has 0 spiro atoms. The molecule has 0 saturated carbocycles. The van der Waals surface area contributed by atoms with Gasteiger partial charge in [-0.05, 0) is 43.6 Å². The van der Waals surface area contributed by atoms with Crippen LogP contribution in [0.2, 0.25) is 0 Å². The second-order valence-corrected chi connectivity index (χ2v) is 7.44. The van der Waals surface area contributed by atoms with Crippen LogP contribution < -0.4 is 5.43 Å². The standard InChI is InChI=1S/C17H39N3/c1-15(2)9-8-12-20(13-17(5)6)14-19(7)18-11-10-16(3)4/h15-18H,8-14H2,1-7H3. The molecule has 1 N–H and O–H groups in total. The molecule has 0 rings (SSSR count). The number of nitrogens with zero attached hydrogens (tertiary/aromatic N) is 2. The molecule has 0 atom stereocenters. The van der Waals surface area contributed by atoms with E-state index in [-0.39, 0.29) is 0 Å². The number of hydrogen-bond donors (Lipinski definition) is 1. The summed E-state index contributed by atoms with van der Waals surface area (Å²) in [6.45, 7) is 18.3. The highest BCUT2D eigenvalue weighted by Crippen LogP contribution is 2.07. The lowest BCUT2D eigenvalue weighted by atomic mass is 10.1. The summed E-state index contributed by atoms with van der Waals surface area (Å²) in [4.78, 5) is 2.58. The molecule has 0 bridgehead atoms. The van der Waals surface area contributed by atoms with Crippen molar-refractivity contribution in [2.24, 2.45) is 17.8 Å². The quantitative estimate of drug-likeness (QED) is 0.434. The lowest BCUT2D eigenvalue weighted by Crippen LogP contribution is -2.45. The third-order valence-electron chi connectivity index (χ3n) is 3.39. The van der Waals surface area contributed by atoms with Gasteiger partial charge in [-0.25, -0.2) is 5.01 Å². The highest BCUT2D eigenvalue weighted by Gasteiger charge is 2.10. The van der Waals surface area contributed by atoms with Crippen LogP contribution in [0.5, 0.6) is 0 Å². The van der Waals surface area contributed by atoms with Gasteiger partial charge in [0, 0.05) is 20.1 Å². The first-order chi connectivity index (χ1) is 9.31. The minimum absolute atomic E-state index is 0.734. The first kappa shape index (κ1) is 19.9. The van der Waals surface area contributed by atoms with Crippen LogP contribution in [0.25, 0.3) is 0 Å². The van der Waals surface area contributed by atoms with Gasteiger partial charge in [-0.15, -0.1) is 0 Å². The molecule has 3 nitrogen and oxygen atoms in total. The van der Waals surface area contributed by atoms with E-state index in [0.717, 1.165) is 31.0 Å². The number of hydrazine groups is 1. The monoisotopic (exact) mass is 285 g/mol. The van der Waals surface area contributed by atoms with Crippen LogP contribution in [0.3, 0.4) is 0 Å². The first-order valence-electron chi connectivity index (χ1n) is 8.48. The van der Waals surface area contributed by atoms with E-state index in [2.05, 4.69) is 63.9 Å². The van der Waals surface area contributed by atoms with E-state index in [1.165, 1.54) is 32.4 Å². The molecule has 0 aromatic rings. The molecule has 20 heavy (non-hydrogen) atoms. The van der Waals surface area contributed by atoms with Crippen molar-refractivity contribution >= 4 is 0 Å². The zero-order valence-corrected chi connectivity index (χ0v) is 15.1. The highest BCUT2D eigenvalue weighted by atomic mass is 15.5. The maximum Gasteiger partial charge on any atom is 0.0642 e. The third kappa shape index (κ3) is 12.9. The molecule has 0 amide bonds. The van der Waals surface area contributed by atoms with Crippen LogP contribution in [0, 0.1) is 17.8 Å². The van der Waals surface area contributed by atoms with Crippen molar-refractivity contribution in [1.82, 2.24) is 15.3 Å². The summed E-state index contributed by atoms with van der Waals surface area (Å²) >= 11 is 0. The molecular formula is C17H39N3. The molecule has 0 aliphatic carbocycles. The van der Waals surface area contributed by atoms with E-state index in [1.807, 2.05) is 0 Å². The van der Waals surface area contributed by atoms with Gasteiger partial charge in [0.05, 0.1) is 6.67 Å². The first-order valence-corrected chi connectivity index (χ1v) is 8.48. The van der Waals surface area contributed by atoms with E-state index >= 15 is 0 Å². The molecule has 0 aliphatic heterocycles. The van der Waals surface area contributed by atoms with Crippen molar-refractivity contribution in [3.63, 3.8) is 0 Å². The second kappa shape index (κ2) is 11.5. The summed E-state index contributed by atoms with van der Waals surface area (Å²) in [6, 6.07) is 0. The Kier molecular flexibility index (Phi) is 11.5. The Balaban J connectivity index is 3.99. The Morgan fingerprint density at radius 1 is 0.850 bits per heavy atom. The van der Waals surface area contributed by atoms with Gasteiger partial charge >= 0.3 is 0 Å². The number of nitrogens with one attached hydrogen (secondary N) is 1. The summed E-state index contributed by atoms with van der Waals surface area (Å²) in [7, 11) is 2.16. The molecule has 0 saturated heterocycles. The normalized spacial score (nSPS) is 12.6. The molecule has 3 heteroatoms. The molecular weight excluding hydrogens is 246 g/mol. The smallest absolute Gasteiger partial charge is 0.0642 e. The van der Waals surface area contributed by atoms with Gasteiger partial charge in [0.1, 0.15) is 0 Å². The maximum atomic E-state index is 3.51. The summed E-state index contributed by atoms with van der Waals surface area (Å²) in [5.74, 6) is 2.32. The molecule has 0 unspecified atom stereocenters. The van der Waals surface area contributed by atoms with Gasteiger partial charge in [0.25, 0.3) is 0 Å². The van der Waals surface area contributed by atoms with E-state index in [0.29, 0.717) is 0 Å². The van der Waals surface area contributed by atoms with Crippen LogP contribution in [0.1, 0.15) is 60.8 Å². The average molecular weight is 286 g/mol. The average Bonchev–Trinajstić information content (AvgIpc) is 2.26. The summed E-state index contributed by atoms with van der Waals surface area (Å²) in [6.07, 6.45) is 3.88. The van der Waals surface area contributed by atoms with Crippen LogP contribution in [-0.4, -0.2) is 43.3 Å². The van der Waals surface area contributed by atoms with Crippen molar-refractivity contribution in [2.75, 3.05) is 33.4 Å². The molecule has 0 radical (unpaired) electrons. The summed E-state index contributed by atoms with van der Waals surface area (Å²) < 4.78 is 0. The van der Waals surface area contributed by atoms with Gasteiger partial charge in [0.15, 0.2) is 0 Å². The van der Waals surface area contributed by atoms with Gasteiger partial charge in [-0.2, -0.15) is 0 Å². The zero-order chi connectivity index (χ0) is 15.5. The van der Waals surface area contributed by atoms with E-state index in [9.17, 15) is 0 Å². The molecule has 0 aromatic carbocycles. The van der Waals surface area contributed by atoms with Crippen LogP contribution in [0.15, 0.2) is 0 Å². The van der Waals surface area contributed by atoms with Gasteiger partial charge in [-0.3, -0.25) is 10.3 Å². The predicted octanol–water partition coefficient (Wildman–Crippen LogP) is 3.82. The molecule has 0 aliphatic rings. The number of hydrogen-bond acceptors (Lipinski definition) is 3. The van der Waals surface area contributed by atoms with E-state index < -0.39 is 0 Å². The second-order valence-electron chi connectivity index (χ2n) is 7.44. The molecule has 0 aromatic heterocycles. The van der Waals surface area contributed by atoms with E-state index in [4.69, 9.17) is 0 Å². The lowest BCUT2D eigenvalue weighted by molar-refractivity contribution is 0.0977. The Labute approximate surface area is 128 Å². The minimum Gasteiger partial charge on any atom is -0.289 e. The van der Waals surface area contributed by atoms with Crippen molar-refractivity contribution in [3.05, 3.63) is 0 Å². The third-order valence-corrected chi connectivity index (χ3v) is 3.39. The molecule has 122 valence electrons. The van der Waals surface area contributed by atoms with E-state index in [1.54, 1.807) is 0 Å². The molecule has 0 heterocycles. The molecule has 0 fully saturated rings.